The quantitative estimate of drug-likeness (QED) is 0.651. The van der Waals surface area contributed by atoms with Crippen LogP contribution in [0.2, 0.25) is 0 Å². The molecule has 154 valence electrons. The largest absolute Gasteiger partial charge is 0.494 e. The van der Waals surface area contributed by atoms with Gasteiger partial charge < -0.3 is 19.5 Å². The first-order valence-electron chi connectivity index (χ1n) is 9.29. The topological polar surface area (TPSA) is 90.9 Å². The average molecular weight is 399 g/mol. The van der Waals surface area contributed by atoms with Gasteiger partial charge >= 0.3 is 11.9 Å². The van der Waals surface area contributed by atoms with Crippen LogP contribution in [0.5, 0.6) is 5.75 Å². The zero-order valence-corrected chi connectivity index (χ0v) is 16.8. The van der Waals surface area contributed by atoms with Gasteiger partial charge in [0.25, 0.3) is 5.91 Å². The van der Waals surface area contributed by atoms with Crippen LogP contribution >= 0.6 is 0 Å². The number of nitrogens with one attached hydrogen (secondary N) is 1. The van der Waals surface area contributed by atoms with E-state index in [1.807, 2.05) is 31.2 Å². The Morgan fingerprint density at radius 1 is 1.07 bits per heavy atom. The monoisotopic (exact) mass is 399 g/mol. The Labute approximate surface area is 170 Å². The van der Waals surface area contributed by atoms with E-state index in [9.17, 15) is 14.4 Å². The number of methoxy groups -OCH3 is 1. The van der Waals surface area contributed by atoms with E-state index in [2.05, 4.69) is 10.1 Å². The van der Waals surface area contributed by atoms with E-state index in [1.54, 1.807) is 19.1 Å². The predicted octanol–water partition coefficient (Wildman–Crippen LogP) is 3.29. The van der Waals surface area contributed by atoms with E-state index in [1.165, 1.54) is 13.2 Å². The first kappa shape index (κ1) is 21.9. The fourth-order valence-electron chi connectivity index (χ4n) is 2.65. The summed E-state index contributed by atoms with van der Waals surface area (Å²) in [5.41, 5.74) is 2.45. The van der Waals surface area contributed by atoms with E-state index in [-0.39, 0.29) is 6.42 Å². The third-order valence-electron chi connectivity index (χ3n) is 4.17. The zero-order chi connectivity index (χ0) is 21.2. The van der Waals surface area contributed by atoms with Gasteiger partial charge in [-0.1, -0.05) is 24.3 Å². The van der Waals surface area contributed by atoms with E-state index in [0.29, 0.717) is 24.3 Å². The third kappa shape index (κ3) is 6.64. The van der Waals surface area contributed by atoms with Crippen LogP contribution < -0.4 is 10.1 Å². The number of hydrogen-bond donors (Lipinski definition) is 1. The van der Waals surface area contributed by atoms with Crippen LogP contribution in [-0.4, -0.2) is 38.2 Å². The number of ether oxygens (including phenoxy) is 3. The van der Waals surface area contributed by atoms with Crippen LogP contribution in [0.25, 0.3) is 0 Å². The number of carbonyl (C=O) groups excluding carboxylic acids is 3. The molecule has 2 aromatic rings. The highest BCUT2D eigenvalue weighted by Gasteiger charge is 2.13. The van der Waals surface area contributed by atoms with E-state index < -0.39 is 24.5 Å². The van der Waals surface area contributed by atoms with Crippen LogP contribution in [0, 0.1) is 6.92 Å². The smallest absolute Gasteiger partial charge is 0.337 e. The zero-order valence-electron chi connectivity index (χ0n) is 16.8. The molecule has 0 atom stereocenters. The molecule has 0 aliphatic heterocycles. The van der Waals surface area contributed by atoms with Crippen molar-refractivity contribution < 1.29 is 28.6 Å². The lowest BCUT2D eigenvalue weighted by Crippen LogP contribution is -2.21. The fraction of sp³-hybridized carbons (Fsp3) is 0.318. The highest BCUT2D eigenvalue weighted by molar-refractivity contribution is 5.96. The second kappa shape index (κ2) is 10.8. The van der Waals surface area contributed by atoms with Gasteiger partial charge in [0.15, 0.2) is 6.61 Å². The Hall–Kier alpha value is -3.35. The number of aryl methyl sites for hydroxylation is 2. The Kier molecular flexibility index (Phi) is 8.21. The van der Waals surface area contributed by atoms with Crippen LogP contribution in [0.3, 0.4) is 0 Å². The third-order valence-corrected chi connectivity index (χ3v) is 4.17. The summed E-state index contributed by atoms with van der Waals surface area (Å²) in [7, 11) is 1.28. The number of amides is 1. The highest BCUT2D eigenvalue weighted by atomic mass is 16.5. The minimum Gasteiger partial charge on any atom is -0.494 e. The minimum absolute atomic E-state index is 0.133. The number of anilines is 1. The normalized spacial score (nSPS) is 10.2. The molecule has 0 unspecified atom stereocenters. The number of carbonyl (C=O) groups is 3. The Morgan fingerprint density at radius 2 is 1.83 bits per heavy atom. The molecule has 1 N–H and O–H groups in total. The summed E-state index contributed by atoms with van der Waals surface area (Å²) in [6.45, 7) is 3.82. The summed E-state index contributed by atoms with van der Waals surface area (Å²) >= 11 is 0. The van der Waals surface area contributed by atoms with Crippen molar-refractivity contribution in [3.63, 3.8) is 0 Å². The van der Waals surface area contributed by atoms with Gasteiger partial charge in [0.05, 0.1) is 19.3 Å². The first-order chi connectivity index (χ1) is 13.9. The number of benzene rings is 2. The first-order valence-corrected chi connectivity index (χ1v) is 9.29. The maximum Gasteiger partial charge on any atom is 0.337 e. The van der Waals surface area contributed by atoms with Crippen molar-refractivity contribution in [1.82, 2.24) is 0 Å². The molecular weight excluding hydrogens is 374 g/mol. The van der Waals surface area contributed by atoms with Gasteiger partial charge in [0, 0.05) is 12.1 Å². The van der Waals surface area contributed by atoms with Gasteiger partial charge in [-0.15, -0.1) is 0 Å². The fourth-order valence-corrected chi connectivity index (χ4v) is 2.65. The summed E-state index contributed by atoms with van der Waals surface area (Å²) in [6, 6.07) is 12.3. The van der Waals surface area contributed by atoms with Gasteiger partial charge in [0.2, 0.25) is 0 Å². The summed E-state index contributed by atoms with van der Waals surface area (Å²) < 4.78 is 15.3. The molecule has 1 amide bonds. The van der Waals surface area contributed by atoms with Gasteiger partial charge in [0.1, 0.15) is 5.75 Å². The molecule has 2 aromatic carbocycles. The van der Waals surface area contributed by atoms with E-state index >= 15 is 0 Å². The maximum atomic E-state index is 12.1. The molecule has 0 fully saturated rings. The van der Waals surface area contributed by atoms with Crippen molar-refractivity contribution in [3.05, 3.63) is 59.2 Å². The van der Waals surface area contributed by atoms with Crippen molar-refractivity contribution >= 4 is 23.5 Å². The lowest BCUT2D eigenvalue weighted by Gasteiger charge is -2.11. The molecule has 0 aromatic heterocycles. The lowest BCUT2D eigenvalue weighted by atomic mass is 10.1. The van der Waals surface area contributed by atoms with Crippen molar-refractivity contribution in [2.24, 2.45) is 0 Å². The highest BCUT2D eigenvalue weighted by Crippen LogP contribution is 2.20. The number of esters is 2. The summed E-state index contributed by atoms with van der Waals surface area (Å²) in [6.07, 6.45) is 0.588. The molecule has 0 saturated heterocycles. The van der Waals surface area contributed by atoms with Crippen molar-refractivity contribution in [1.29, 1.82) is 0 Å². The molecule has 0 aliphatic rings. The molecule has 0 spiro atoms. The standard InChI is InChI=1S/C22H25NO6/c1-4-28-19-8-6-5-7-16(19)11-12-21(25)29-14-20(24)23-18-13-17(22(26)27-3)10-9-15(18)2/h5-10,13H,4,11-12,14H2,1-3H3,(H,23,24). The molecule has 0 bridgehead atoms. The van der Waals surface area contributed by atoms with Gasteiger partial charge in [-0.3, -0.25) is 9.59 Å². The van der Waals surface area contributed by atoms with Crippen molar-refractivity contribution in [3.8, 4) is 5.75 Å². The van der Waals surface area contributed by atoms with E-state index in [4.69, 9.17) is 9.47 Å². The Balaban J connectivity index is 1.85. The van der Waals surface area contributed by atoms with Crippen LogP contribution in [-0.2, 0) is 25.5 Å². The summed E-state index contributed by atoms with van der Waals surface area (Å²) in [4.78, 5) is 35.7. The number of para-hydroxylation sites is 1. The van der Waals surface area contributed by atoms with Crippen molar-refractivity contribution in [2.75, 3.05) is 25.6 Å². The lowest BCUT2D eigenvalue weighted by molar-refractivity contribution is -0.147. The molecule has 0 aliphatic carbocycles. The predicted molar refractivity (Wildman–Crippen MR) is 108 cm³/mol. The Bertz CT molecular complexity index is 877. The molecule has 0 radical (unpaired) electrons. The minimum atomic E-state index is -0.501. The molecule has 7 heteroatoms. The molecular formula is C22H25NO6. The van der Waals surface area contributed by atoms with Gasteiger partial charge in [-0.2, -0.15) is 0 Å². The number of hydrogen-bond acceptors (Lipinski definition) is 6. The Morgan fingerprint density at radius 3 is 2.55 bits per heavy atom. The van der Waals surface area contributed by atoms with Gasteiger partial charge in [-0.25, -0.2) is 4.79 Å². The molecule has 0 heterocycles. The summed E-state index contributed by atoms with van der Waals surface area (Å²) in [5.74, 6) is -0.731. The van der Waals surface area contributed by atoms with Crippen LogP contribution in [0.1, 0.15) is 34.8 Å². The molecule has 7 nitrogen and oxygen atoms in total. The second-order valence-electron chi connectivity index (χ2n) is 6.27. The van der Waals surface area contributed by atoms with Crippen LogP contribution in [0.15, 0.2) is 42.5 Å². The van der Waals surface area contributed by atoms with Crippen LogP contribution in [0.4, 0.5) is 5.69 Å². The molecule has 29 heavy (non-hydrogen) atoms. The van der Waals surface area contributed by atoms with Crippen molar-refractivity contribution in [2.45, 2.75) is 26.7 Å². The van der Waals surface area contributed by atoms with E-state index in [0.717, 1.165) is 16.9 Å². The molecule has 2 rings (SSSR count). The summed E-state index contributed by atoms with van der Waals surface area (Å²) in [5, 5.41) is 2.64. The second-order valence-corrected chi connectivity index (χ2v) is 6.27. The SMILES string of the molecule is CCOc1ccccc1CCC(=O)OCC(=O)Nc1cc(C(=O)OC)ccc1C. The maximum absolute atomic E-state index is 12.1. The molecule has 0 saturated carbocycles. The number of rotatable bonds is 9. The average Bonchev–Trinajstić information content (AvgIpc) is 2.72. The van der Waals surface area contributed by atoms with Gasteiger partial charge in [-0.05, 0) is 49.6 Å².